The largest absolute Gasteiger partial charge is 0.491 e. The maximum absolute atomic E-state index is 5.70. The Kier molecular flexibility index (Phi) is 2.21. The molecule has 1 aromatic carbocycles. The number of rotatable bonds is 3. The van der Waals surface area contributed by atoms with Crippen LogP contribution in [0.4, 0.5) is 0 Å². The molecular formula is C14H18O2. The lowest BCUT2D eigenvalue weighted by Crippen LogP contribution is -2.11. The average molecular weight is 218 g/mol. The van der Waals surface area contributed by atoms with Crippen LogP contribution in [0.3, 0.4) is 0 Å². The van der Waals surface area contributed by atoms with Crippen molar-refractivity contribution in [3.63, 3.8) is 0 Å². The van der Waals surface area contributed by atoms with Gasteiger partial charge < -0.3 is 9.47 Å². The molecule has 1 aliphatic heterocycles. The van der Waals surface area contributed by atoms with Gasteiger partial charge >= 0.3 is 0 Å². The van der Waals surface area contributed by atoms with Gasteiger partial charge in [0.2, 0.25) is 0 Å². The van der Waals surface area contributed by atoms with Gasteiger partial charge in [-0.25, -0.2) is 0 Å². The molecule has 0 N–H and O–H groups in total. The second-order valence-electron chi connectivity index (χ2n) is 5.47. The van der Waals surface area contributed by atoms with Gasteiger partial charge in [-0.05, 0) is 41.5 Å². The highest BCUT2D eigenvalue weighted by Crippen LogP contribution is 2.39. The van der Waals surface area contributed by atoms with Gasteiger partial charge in [-0.15, -0.1) is 0 Å². The smallest absolute Gasteiger partial charge is 0.119 e. The minimum atomic E-state index is 0.338. The van der Waals surface area contributed by atoms with E-state index in [1.54, 1.807) is 0 Å². The summed E-state index contributed by atoms with van der Waals surface area (Å²) in [5.41, 5.74) is 3.29. The molecule has 1 unspecified atom stereocenters. The Morgan fingerprint density at radius 2 is 2.25 bits per heavy atom. The summed E-state index contributed by atoms with van der Waals surface area (Å²) in [4.78, 5) is 0. The van der Waals surface area contributed by atoms with E-state index >= 15 is 0 Å². The zero-order valence-electron chi connectivity index (χ0n) is 9.95. The first kappa shape index (κ1) is 10.2. The summed E-state index contributed by atoms with van der Waals surface area (Å²) in [5, 5.41) is 0. The molecule has 2 nitrogen and oxygen atoms in total. The second kappa shape index (κ2) is 3.49. The molecule has 0 spiro atoms. The normalized spacial score (nSPS) is 25.2. The molecule has 2 heteroatoms. The molecule has 1 aliphatic carbocycles. The fourth-order valence-corrected chi connectivity index (χ4v) is 2.46. The summed E-state index contributed by atoms with van der Waals surface area (Å²) in [6.07, 6.45) is 2.77. The number of fused-ring (bicyclic) bond motifs is 1. The van der Waals surface area contributed by atoms with Gasteiger partial charge in [-0.1, -0.05) is 19.9 Å². The van der Waals surface area contributed by atoms with Crippen molar-refractivity contribution in [3.05, 3.63) is 29.3 Å². The van der Waals surface area contributed by atoms with E-state index in [1.807, 2.05) is 0 Å². The van der Waals surface area contributed by atoms with E-state index in [0.29, 0.717) is 18.1 Å². The summed E-state index contributed by atoms with van der Waals surface area (Å²) < 4.78 is 10.8. The molecule has 0 aromatic heterocycles. The molecule has 1 saturated heterocycles. The van der Waals surface area contributed by atoms with Crippen molar-refractivity contribution in [2.24, 2.45) is 0 Å². The van der Waals surface area contributed by atoms with Crippen LogP contribution in [0.1, 0.15) is 31.4 Å². The van der Waals surface area contributed by atoms with Crippen molar-refractivity contribution in [1.82, 2.24) is 0 Å². The Hall–Kier alpha value is -1.02. The highest BCUT2D eigenvalue weighted by atomic mass is 16.6. The Labute approximate surface area is 96.6 Å². The lowest BCUT2D eigenvalue weighted by molar-refractivity contribution is 0.263. The fourth-order valence-electron chi connectivity index (χ4n) is 2.46. The van der Waals surface area contributed by atoms with Crippen LogP contribution in [0.15, 0.2) is 18.2 Å². The number of epoxide rings is 1. The molecule has 1 atom stereocenters. The van der Waals surface area contributed by atoms with Crippen molar-refractivity contribution < 1.29 is 9.47 Å². The molecule has 16 heavy (non-hydrogen) atoms. The Bertz CT molecular complexity index is 405. The van der Waals surface area contributed by atoms with Crippen LogP contribution in [0.2, 0.25) is 0 Å². The molecular weight excluding hydrogens is 200 g/mol. The van der Waals surface area contributed by atoms with Crippen LogP contribution in [-0.2, 0) is 16.6 Å². The number of ether oxygens (including phenoxy) is 2. The van der Waals surface area contributed by atoms with Crippen molar-refractivity contribution in [2.75, 3.05) is 13.2 Å². The van der Waals surface area contributed by atoms with Crippen molar-refractivity contribution in [1.29, 1.82) is 0 Å². The lowest BCUT2D eigenvalue weighted by Gasteiger charge is -2.18. The summed E-state index contributed by atoms with van der Waals surface area (Å²) in [7, 11) is 0. The predicted molar refractivity (Wildman–Crippen MR) is 63.0 cm³/mol. The second-order valence-corrected chi connectivity index (χ2v) is 5.47. The molecule has 3 rings (SSSR count). The lowest BCUT2D eigenvalue weighted by atomic mass is 9.87. The summed E-state index contributed by atoms with van der Waals surface area (Å²) >= 11 is 0. The Morgan fingerprint density at radius 1 is 1.44 bits per heavy atom. The van der Waals surface area contributed by atoms with E-state index < -0.39 is 0 Å². The standard InChI is InChI=1S/C14H18O2/c1-14(2)6-5-10-7-11(3-4-13(10)14)15-8-12-9-16-12/h3-4,7,12H,5-6,8-9H2,1-2H3. The van der Waals surface area contributed by atoms with E-state index in [9.17, 15) is 0 Å². The van der Waals surface area contributed by atoms with Gasteiger partial charge in [-0.3, -0.25) is 0 Å². The number of hydrogen-bond donors (Lipinski definition) is 0. The molecule has 0 saturated carbocycles. The molecule has 1 heterocycles. The van der Waals surface area contributed by atoms with E-state index in [4.69, 9.17) is 9.47 Å². The minimum absolute atomic E-state index is 0.338. The van der Waals surface area contributed by atoms with Crippen LogP contribution in [0, 0.1) is 0 Å². The van der Waals surface area contributed by atoms with Gasteiger partial charge in [0.05, 0.1) is 6.61 Å². The van der Waals surface area contributed by atoms with Gasteiger partial charge in [0, 0.05) is 0 Å². The molecule has 1 aromatic rings. The average Bonchev–Trinajstić information content (AvgIpc) is 3.03. The SMILES string of the molecule is CC1(C)CCc2cc(OCC3CO3)ccc21. The van der Waals surface area contributed by atoms with Gasteiger partial charge in [0.15, 0.2) is 0 Å². The van der Waals surface area contributed by atoms with E-state index in [0.717, 1.165) is 12.4 Å². The maximum Gasteiger partial charge on any atom is 0.119 e. The number of hydrogen-bond acceptors (Lipinski definition) is 2. The molecule has 0 radical (unpaired) electrons. The first-order valence-electron chi connectivity index (χ1n) is 6.03. The molecule has 86 valence electrons. The fraction of sp³-hybridized carbons (Fsp3) is 0.571. The molecule has 0 bridgehead atoms. The minimum Gasteiger partial charge on any atom is -0.491 e. The molecule has 1 fully saturated rings. The first-order valence-corrected chi connectivity index (χ1v) is 6.03. The summed E-state index contributed by atoms with van der Waals surface area (Å²) in [6, 6.07) is 6.52. The van der Waals surface area contributed by atoms with E-state index in [2.05, 4.69) is 32.0 Å². The zero-order valence-corrected chi connectivity index (χ0v) is 9.95. The molecule has 2 aliphatic rings. The molecule has 0 amide bonds. The Morgan fingerprint density at radius 3 is 3.00 bits per heavy atom. The quantitative estimate of drug-likeness (QED) is 0.728. The predicted octanol–water partition coefficient (Wildman–Crippen LogP) is 2.69. The van der Waals surface area contributed by atoms with Gasteiger partial charge in [-0.2, -0.15) is 0 Å². The Balaban J connectivity index is 1.77. The van der Waals surface area contributed by atoms with Crippen LogP contribution < -0.4 is 4.74 Å². The van der Waals surface area contributed by atoms with Crippen molar-refractivity contribution in [2.45, 2.75) is 38.2 Å². The van der Waals surface area contributed by atoms with Crippen LogP contribution >= 0.6 is 0 Å². The topological polar surface area (TPSA) is 21.8 Å². The first-order chi connectivity index (χ1) is 7.65. The van der Waals surface area contributed by atoms with Crippen LogP contribution in [0.25, 0.3) is 0 Å². The summed E-state index contributed by atoms with van der Waals surface area (Å²) in [5.74, 6) is 0.993. The third-order valence-electron chi connectivity index (χ3n) is 3.66. The van der Waals surface area contributed by atoms with Crippen LogP contribution in [-0.4, -0.2) is 19.3 Å². The highest BCUT2D eigenvalue weighted by Gasteiger charge is 2.30. The van der Waals surface area contributed by atoms with E-state index in [1.165, 1.54) is 24.0 Å². The van der Waals surface area contributed by atoms with E-state index in [-0.39, 0.29) is 0 Å². The monoisotopic (exact) mass is 218 g/mol. The van der Waals surface area contributed by atoms with Gasteiger partial charge in [0.25, 0.3) is 0 Å². The third kappa shape index (κ3) is 1.82. The third-order valence-corrected chi connectivity index (χ3v) is 3.66. The zero-order chi connectivity index (χ0) is 11.2. The highest BCUT2D eigenvalue weighted by molar-refractivity contribution is 5.43. The summed E-state index contributed by atoms with van der Waals surface area (Å²) in [6.45, 7) is 6.19. The number of benzene rings is 1. The maximum atomic E-state index is 5.70. The van der Waals surface area contributed by atoms with Crippen molar-refractivity contribution >= 4 is 0 Å². The number of aryl methyl sites for hydroxylation is 1. The van der Waals surface area contributed by atoms with Crippen molar-refractivity contribution in [3.8, 4) is 5.75 Å². The van der Waals surface area contributed by atoms with Crippen LogP contribution in [0.5, 0.6) is 5.75 Å². The van der Waals surface area contributed by atoms with Gasteiger partial charge in [0.1, 0.15) is 18.5 Å².